The predicted molar refractivity (Wildman–Crippen MR) is 97.3 cm³/mol. The average molecular weight is 341 g/mol. The minimum absolute atomic E-state index is 0.376. The van der Waals surface area contributed by atoms with Gasteiger partial charge in [-0.3, -0.25) is 0 Å². The molecule has 0 atom stereocenters. The van der Waals surface area contributed by atoms with Crippen LogP contribution in [-0.2, 0) is 15.9 Å². The summed E-state index contributed by atoms with van der Waals surface area (Å²) >= 11 is 0. The van der Waals surface area contributed by atoms with E-state index in [1.54, 1.807) is 13.3 Å². The van der Waals surface area contributed by atoms with Crippen LogP contribution in [-0.4, -0.2) is 30.4 Å². The van der Waals surface area contributed by atoms with Crippen LogP contribution < -0.4 is 14.9 Å². The number of methoxy groups -OCH3 is 1. The molecule has 1 aliphatic heterocycles. The van der Waals surface area contributed by atoms with Gasteiger partial charge in [-0.05, 0) is 45.3 Å². The maximum atomic E-state index is 6.08. The van der Waals surface area contributed by atoms with Crippen LogP contribution in [0.25, 0.3) is 0 Å². The molecule has 0 radical (unpaired) electrons. The molecule has 1 aromatic heterocycles. The lowest BCUT2D eigenvalue weighted by Gasteiger charge is -2.32. The predicted octanol–water partition coefficient (Wildman–Crippen LogP) is 2.97. The molecule has 0 aliphatic carbocycles. The van der Waals surface area contributed by atoms with E-state index in [2.05, 4.69) is 4.98 Å². The monoisotopic (exact) mass is 341 g/mol. The van der Waals surface area contributed by atoms with Gasteiger partial charge in [0.2, 0.25) is 5.88 Å². The highest BCUT2D eigenvalue weighted by molar-refractivity contribution is 6.62. The standard InChI is InChI=1S/C19H24BNO4/c1-18(2)19(3,4)25-20(24-18)15-10-11-21-17(12-15)23-13-14-8-6-7-9-16(14)22-5/h6-12H,13H2,1-5H3. The average Bonchev–Trinajstić information content (AvgIpc) is 2.81. The van der Waals surface area contributed by atoms with Crippen molar-refractivity contribution in [2.45, 2.75) is 45.5 Å². The van der Waals surface area contributed by atoms with Gasteiger partial charge in [-0.2, -0.15) is 0 Å². The Morgan fingerprint density at radius 2 is 1.72 bits per heavy atom. The molecule has 132 valence electrons. The summed E-state index contributed by atoms with van der Waals surface area (Å²) in [5.74, 6) is 1.32. The largest absolute Gasteiger partial charge is 0.496 e. The number of pyridine rings is 1. The molecule has 5 nitrogen and oxygen atoms in total. The third-order valence-electron chi connectivity index (χ3n) is 4.85. The molecule has 1 aromatic carbocycles. The zero-order chi connectivity index (χ0) is 18.1. The van der Waals surface area contributed by atoms with Crippen molar-refractivity contribution in [2.24, 2.45) is 0 Å². The van der Waals surface area contributed by atoms with E-state index in [9.17, 15) is 0 Å². The summed E-state index contributed by atoms with van der Waals surface area (Å²) in [4.78, 5) is 4.28. The van der Waals surface area contributed by atoms with Crippen molar-refractivity contribution in [3.05, 3.63) is 48.2 Å². The van der Waals surface area contributed by atoms with Gasteiger partial charge in [-0.1, -0.05) is 18.2 Å². The number of para-hydroxylation sites is 1. The second-order valence-corrected chi connectivity index (χ2v) is 7.12. The van der Waals surface area contributed by atoms with Gasteiger partial charge in [-0.25, -0.2) is 4.98 Å². The Labute approximate surface area is 149 Å². The summed E-state index contributed by atoms with van der Waals surface area (Å²) in [6.45, 7) is 8.52. The molecule has 2 aromatic rings. The highest BCUT2D eigenvalue weighted by Crippen LogP contribution is 2.36. The van der Waals surface area contributed by atoms with E-state index < -0.39 is 7.12 Å². The number of rotatable bonds is 5. The van der Waals surface area contributed by atoms with E-state index in [0.29, 0.717) is 12.5 Å². The van der Waals surface area contributed by atoms with Gasteiger partial charge in [0.05, 0.1) is 18.3 Å². The Morgan fingerprint density at radius 3 is 2.40 bits per heavy atom. The second kappa shape index (κ2) is 6.69. The first kappa shape index (κ1) is 17.8. The molecule has 3 rings (SSSR count). The van der Waals surface area contributed by atoms with Gasteiger partial charge in [0, 0.05) is 17.8 Å². The van der Waals surface area contributed by atoms with Crippen molar-refractivity contribution in [1.82, 2.24) is 4.98 Å². The SMILES string of the molecule is COc1ccccc1COc1cc(B2OC(C)(C)C(C)(C)O2)ccn1. The van der Waals surface area contributed by atoms with E-state index in [1.807, 2.05) is 64.1 Å². The van der Waals surface area contributed by atoms with Gasteiger partial charge in [0.25, 0.3) is 0 Å². The maximum Gasteiger partial charge on any atom is 0.495 e. The molecule has 2 heterocycles. The zero-order valence-corrected chi connectivity index (χ0v) is 15.4. The minimum Gasteiger partial charge on any atom is -0.496 e. The fraction of sp³-hybridized carbons (Fsp3) is 0.421. The summed E-state index contributed by atoms with van der Waals surface area (Å²) in [7, 11) is 1.22. The first-order valence-electron chi connectivity index (χ1n) is 8.39. The van der Waals surface area contributed by atoms with E-state index in [1.165, 1.54) is 0 Å². The molecular weight excluding hydrogens is 317 g/mol. The molecule has 25 heavy (non-hydrogen) atoms. The van der Waals surface area contributed by atoms with Gasteiger partial charge in [-0.15, -0.1) is 0 Å². The van der Waals surface area contributed by atoms with E-state index in [4.69, 9.17) is 18.8 Å². The van der Waals surface area contributed by atoms with Crippen molar-refractivity contribution >= 4 is 12.6 Å². The van der Waals surface area contributed by atoms with Crippen molar-refractivity contribution in [1.29, 1.82) is 0 Å². The van der Waals surface area contributed by atoms with Crippen molar-refractivity contribution in [2.75, 3.05) is 7.11 Å². The smallest absolute Gasteiger partial charge is 0.495 e. The van der Waals surface area contributed by atoms with E-state index in [-0.39, 0.29) is 11.2 Å². The molecule has 0 N–H and O–H groups in total. The summed E-state index contributed by atoms with van der Waals surface area (Å²) in [6, 6.07) is 11.5. The number of aromatic nitrogens is 1. The molecular formula is C19H24BNO4. The van der Waals surface area contributed by atoms with Gasteiger partial charge in [0.1, 0.15) is 12.4 Å². The van der Waals surface area contributed by atoms with Gasteiger partial charge >= 0.3 is 7.12 Å². The van der Waals surface area contributed by atoms with Crippen molar-refractivity contribution in [3.63, 3.8) is 0 Å². The van der Waals surface area contributed by atoms with Crippen LogP contribution in [0.1, 0.15) is 33.3 Å². The topological polar surface area (TPSA) is 49.8 Å². The Balaban J connectivity index is 1.72. The number of hydrogen-bond donors (Lipinski definition) is 0. The second-order valence-electron chi connectivity index (χ2n) is 7.12. The fourth-order valence-corrected chi connectivity index (χ4v) is 2.60. The number of hydrogen-bond acceptors (Lipinski definition) is 5. The quantitative estimate of drug-likeness (QED) is 0.783. The Kier molecular flexibility index (Phi) is 4.76. The number of ether oxygens (including phenoxy) is 2. The lowest BCUT2D eigenvalue weighted by atomic mass is 9.80. The molecule has 6 heteroatoms. The van der Waals surface area contributed by atoms with Crippen LogP contribution in [0.4, 0.5) is 0 Å². The van der Waals surface area contributed by atoms with E-state index >= 15 is 0 Å². The summed E-state index contributed by atoms with van der Waals surface area (Å²) in [5, 5.41) is 0. The van der Waals surface area contributed by atoms with Gasteiger partial charge in [0.15, 0.2) is 0 Å². The van der Waals surface area contributed by atoms with Crippen LogP contribution in [0.2, 0.25) is 0 Å². The highest BCUT2D eigenvalue weighted by atomic mass is 16.7. The summed E-state index contributed by atoms with van der Waals surface area (Å²) < 4.78 is 23.3. The maximum absolute atomic E-state index is 6.08. The molecule has 1 fully saturated rings. The third kappa shape index (κ3) is 3.65. The van der Waals surface area contributed by atoms with Crippen LogP contribution in [0.15, 0.2) is 42.6 Å². The van der Waals surface area contributed by atoms with Crippen LogP contribution in [0, 0.1) is 0 Å². The van der Waals surface area contributed by atoms with Crippen LogP contribution in [0.3, 0.4) is 0 Å². The first-order chi connectivity index (χ1) is 11.8. The molecule has 0 spiro atoms. The molecule has 1 aliphatic rings. The Hall–Kier alpha value is -2.05. The van der Waals surface area contributed by atoms with Gasteiger partial charge < -0.3 is 18.8 Å². The number of nitrogens with zero attached hydrogens (tertiary/aromatic N) is 1. The number of benzene rings is 1. The summed E-state index contributed by atoms with van der Waals surface area (Å²) in [5.41, 5.74) is 1.11. The lowest BCUT2D eigenvalue weighted by Crippen LogP contribution is -2.41. The lowest BCUT2D eigenvalue weighted by molar-refractivity contribution is 0.00578. The highest BCUT2D eigenvalue weighted by Gasteiger charge is 2.51. The Bertz CT molecular complexity index is 732. The Morgan fingerprint density at radius 1 is 1.04 bits per heavy atom. The fourth-order valence-electron chi connectivity index (χ4n) is 2.60. The van der Waals surface area contributed by atoms with E-state index in [0.717, 1.165) is 16.8 Å². The zero-order valence-electron chi connectivity index (χ0n) is 15.4. The van der Waals surface area contributed by atoms with Crippen LogP contribution >= 0.6 is 0 Å². The van der Waals surface area contributed by atoms with Crippen molar-refractivity contribution < 1.29 is 18.8 Å². The molecule has 0 bridgehead atoms. The molecule has 1 saturated heterocycles. The van der Waals surface area contributed by atoms with Crippen molar-refractivity contribution in [3.8, 4) is 11.6 Å². The molecule has 0 amide bonds. The molecule has 0 saturated carbocycles. The normalized spacial score (nSPS) is 18.2. The summed E-state index contributed by atoms with van der Waals surface area (Å²) in [6.07, 6.45) is 1.71. The first-order valence-corrected chi connectivity index (χ1v) is 8.39. The van der Waals surface area contributed by atoms with Crippen LogP contribution in [0.5, 0.6) is 11.6 Å². The molecule has 0 unspecified atom stereocenters. The minimum atomic E-state index is -0.429. The third-order valence-corrected chi connectivity index (χ3v) is 4.85.